The molecule has 1 aliphatic heterocycles. The van der Waals surface area contributed by atoms with Gasteiger partial charge in [-0.1, -0.05) is 154 Å². The number of carbonyl (C=O) groups excluding carboxylic acids is 1. The Kier molecular flexibility index (Phi) is 26.3. The van der Waals surface area contributed by atoms with Crippen LogP contribution in [0.2, 0.25) is 0 Å². The largest absolute Gasteiger partial charge is 0.491 e. The topological polar surface area (TPSA) is 178 Å². The van der Waals surface area contributed by atoms with Gasteiger partial charge < -0.3 is 50.2 Å². The summed E-state index contributed by atoms with van der Waals surface area (Å²) in [6, 6.07) is 7.68. The molecule has 1 aromatic carbocycles. The smallest absolute Gasteiger partial charge is 0.220 e. The van der Waals surface area contributed by atoms with Crippen LogP contribution in [0.1, 0.15) is 148 Å². The first-order valence-corrected chi connectivity index (χ1v) is 20.5. The lowest BCUT2D eigenvalue weighted by Gasteiger charge is -2.40. The second-order valence-corrected chi connectivity index (χ2v) is 14.7. The molecule has 0 spiro atoms. The van der Waals surface area contributed by atoms with E-state index in [0.29, 0.717) is 12.2 Å². The SMILES string of the molecule is CCCCCCCCCCCCCCCCCCCCCCCC(=O)N[C@@H](CO[C@H]1O[C@H](CO)[C@H](O)[C@H](O)[C@H]1O)[C@H](O)[C@H](O)COc1ccccc1. The lowest BCUT2D eigenvalue weighted by Crippen LogP contribution is -2.60. The van der Waals surface area contributed by atoms with Crippen LogP contribution in [-0.4, -0.2) is 105 Å². The number of aliphatic hydroxyl groups excluding tert-OH is 6. The van der Waals surface area contributed by atoms with Gasteiger partial charge in [0.25, 0.3) is 0 Å². The fourth-order valence-corrected chi connectivity index (χ4v) is 6.69. The lowest BCUT2D eigenvalue weighted by molar-refractivity contribution is -0.303. The molecule has 11 nitrogen and oxygen atoms in total. The third-order valence-electron chi connectivity index (χ3n) is 10.1. The summed E-state index contributed by atoms with van der Waals surface area (Å²) >= 11 is 0. The molecule has 11 heteroatoms. The van der Waals surface area contributed by atoms with Gasteiger partial charge in [-0.05, 0) is 18.6 Å². The Morgan fingerprint density at radius 1 is 0.692 bits per heavy atom. The highest BCUT2D eigenvalue weighted by Gasteiger charge is 2.44. The number of benzene rings is 1. The lowest BCUT2D eigenvalue weighted by atomic mass is 9.99. The Hall–Kier alpha value is -1.83. The van der Waals surface area contributed by atoms with E-state index in [-0.39, 0.29) is 18.9 Å². The molecule has 52 heavy (non-hydrogen) atoms. The number of hydrogen-bond donors (Lipinski definition) is 7. The molecule has 2 rings (SSSR count). The molecule has 1 fully saturated rings. The van der Waals surface area contributed by atoms with E-state index in [2.05, 4.69) is 12.2 Å². The highest BCUT2D eigenvalue weighted by molar-refractivity contribution is 5.76. The van der Waals surface area contributed by atoms with Crippen LogP contribution in [-0.2, 0) is 14.3 Å². The van der Waals surface area contributed by atoms with Gasteiger partial charge in [-0.25, -0.2) is 0 Å². The fourth-order valence-electron chi connectivity index (χ4n) is 6.69. The molecule has 0 unspecified atom stereocenters. The number of rotatable bonds is 32. The van der Waals surface area contributed by atoms with E-state index in [0.717, 1.165) is 19.3 Å². The molecule has 1 aliphatic rings. The molecular weight excluding hydrogens is 666 g/mol. The van der Waals surface area contributed by atoms with Crippen molar-refractivity contribution in [1.82, 2.24) is 5.32 Å². The number of amides is 1. The molecule has 1 heterocycles. The predicted molar refractivity (Wildman–Crippen MR) is 203 cm³/mol. The zero-order valence-electron chi connectivity index (χ0n) is 32.0. The maximum Gasteiger partial charge on any atom is 0.220 e. The Labute approximate surface area is 313 Å². The van der Waals surface area contributed by atoms with Crippen LogP contribution >= 0.6 is 0 Å². The minimum Gasteiger partial charge on any atom is -0.491 e. The molecule has 302 valence electrons. The second-order valence-electron chi connectivity index (χ2n) is 14.7. The molecule has 7 N–H and O–H groups in total. The molecule has 0 aromatic heterocycles. The van der Waals surface area contributed by atoms with Crippen molar-refractivity contribution in [3.63, 3.8) is 0 Å². The van der Waals surface area contributed by atoms with Gasteiger partial charge in [0.15, 0.2) is 6.29 Å². The first-order chi connectivity index (χ1) is 25.3. The summed E-state index contributed by atoms with van der Waals surface area (Å²) in [5.74, 6) is 0.178. The standard InChI is InChI=1S/C41H73NO10/c1-2-3-4-5-6-7-8-9-10-11-12-13-14-15-16-17-18-19-20-21-25-28-36(45)42-33(37(46)34(44)31-50-32-26-23-22-24-27-32)30-51-41-40(49)39(48)38(47)35(29-43)52-41/h22-24,26-27,33-35,37-41,43-44,46-49H,2-21,25,28-31H2,1H3,(H,42,45)/t33-,34+,35+,37-,38-,39-,40+,41-/m0/s1. The van der Waals surface area contributed by atoms with E-state index < -0.39 is 62.2 Å². The van der Waals surface area contributed by atoms with Gasteiger partial charge in [0.1, 0.15) is 49.0 Å². The van der Waals surface area contributed by atoms with Gasteiger partial charge >= 0.3 is 0 Å². The third kappa shape index (κ3) is 20.0. The number of hydrogen-bond acceptors (Lipinski definition) is 10. The third-order valence-corrected chi connectivity index (χ3v) is 10.1. The van der Waals surface area contributed by atoms with Crippen molar-refractivity contribution in [2.24, 2.45) is 0 Å². The second kappa shape index (κ2) is 29.5. The summed E-state index contributed by atoms with van der Waals surface area (Å²) in [5.41, 5.74) is 0. The first kappa shape index (κ1) is 46.3. The van der Waals surface area contributed by atoms with Gasteiger partial charge in [0.2, 0.25) is 5.91 Å². The predicted octanol–water partition coefficient (Wildman–Crippen LogP) is 5.69. The summed E-state index contributed by atoms with van der Waals surface area (Å²) in [4.78, 5) is 12.9. The fraction of sp³-hybridized carbons (Fsp3) is 0.829. The Morgan fingerprint density at radius 3 is 1.65 bits per heavy atom. The van der Waals surface area contributed by atoms with E-state index in [1.807, 2.05) is 6.07 Å². The maximum atomic E-state index is 12.9. The highest BCUT2D eigenvalue weighted by atomic mass is 16.7. The zero-order chi connectivity index (χ0) is 37.8. The molecule has 0 bridgehead atoms. The highest BCUT2D eigenvalue weighted by Crippen LogP contribution is 2.23. The van der Waals surface area contributed by atoms with Gasteiger partial charge in [-0.15, -0.1) is 0 Å². The van der Waals surface area contributed by atoms with Crippen molar-refractivity contribution in [1.29, 1.82) is 0 Å². The average molecular weight is 740 g/mol. The van der Waals surface area contributed by atoms with Gasteiger partial charge in [0.05, 0.1) is 19.3 Å². The first-order valence-electron chi connectivity index (χ1n) is 20.5. The molecule has 1 amide bonds. The molecule has 0 saturated carbocycles. The van der Waals surface area contributed by atoms with Gasteiger partial charge in [-0.3, -0.25) is 4.79 Å². The monoisotopic (exact) mass is 740 g/mol. The van der Waals surface area contributed by atoms with E-state index in [4.69, 9.17) is 14.2 Å². The summed E-state index contributed by atoms with van der Waals surface area (Å²) in [7, 11) is 0. The minimum absolute atomic E-state index is 0.235. The zero-order valence-corrected chi connectivity index (χ0v) is 32.0. The summed E-state index contributed by atoms with van der Waals surface area (Å²) in [5, 5.41) is 64.4. The van der Waals surface area contributed by atoms with Crippen molar-refractivity contribution in [2.45, 2.75) is 197 Å². The van der Waals surface area contributed by atoms with Gasteiger partial charge in [-0.2, -0.15) is 0 Å². The van der Waals surface area contributed by atoms with Crippen molar-refractivity contribution in [3.05, 3.63) is 30.3 Å². The number of unbranched alkanes of at least 4 members (excludes halogenated alkanes) is 20. The quantitative estimate of drug-likeness (QED) is 0.0454. The average Bonchev–Trinajstić information content (AvgIpc) is 3.15. The number of ether oxygens (including phenoxy) is 3. The van der Waals surface area contributed by atoms with Crippen LogP contribution in [0.4, 0.5) is 0 Å². The van der Waals surface area contributed by atoms with Crippen LogP contribution in [0, 0.1) is 0 Å². The van der Waals surface area contributed by atoms with Crippen molar-refractivity contribution < 1.29 is 49.6 Å². The van der Waals surface area contributed by atoms with E-state index in [1.165, 1.54) is 109 Å². The molecule has 0 aliphatic carbocycles. The van der Waals surface area contributed by atoms with Crippen molar-refractivity contribution in [3.8, 4) is 5.75 Å². The van der Waals surface area contributed by atoms with Crippen LogP contribution in [0.3, 0.4) is 0 Å². The molecule has 1 saturated heterocycles. The van der Waals surface area contributed by atoms with Crippen LogP contribution in [0.15, 0.2) is 30.3 Å². The summed E-state index contributed by atoms with van der Waals surface area (Å²) in [6.07, 6.45) is 16.8. The minimum atomic E-state index is -1.64. The summed E-state index contributed by atoms with van der Waals surface area (Å²) in [6.45, 7) is 1.00. The Bertz CT molecular complexity index is 986. The summed E-state index contributed by atoms with van der Waals surface area (Å²) < 4.78 is 16.6. The number of para-hydroxylation sites is 1. The van der Waals surface area contributed by atoms with Gasteiger partial charge in [0, 0.05) is 6.42 Å². The normalized spacial score (nSPS) is 22.2. The van der Waals surface area contributed by atoms with Crippen LogP contribution in [0.25, 0.3) is 0 Å². The number of carbonyl (C=O) groups is 1. The molecule has 0 radical (unpaired) electrons. The molecule has 8 atom stereocenters. The number of aliphatic hydroxyl groups is 6. The molecular formula is C41H73NO10. The number of nitrogens with one attached hydrogen (secondary N) is 1. The maximum absolute atomic E-state index is 12.9. The van der Waals surface area contributed by atoms with E-state index >= 15 is 0 Å². The van der Waals surface area contributed by atoms with E-state index in [1.54, 1.807) is 24.3 Å². The Morgan fingerprint density at radius 2 is 1.17 bits per heavy atom. The Balaban J connectivity index is 1.60. The van der Waals surface area contributed by atoms with E-state index in [9.17, 15) is 35.4 Å². The molecule has 1 aromatic rings. The van der Waals surface area contributed by atoms with Crippen molar-refractivity contribution >= 4 is 5.91 Å². The van der Waals surface area contributed by atoms with Crippen LogP contribution in [0.5, 0.6) is 5.75 Å². The van der Waals surface area contributed by atoms with Crippen LogP contribution < -0.4 is 10.1 Å². The van der Waals surface area contributed by atoms with Crippen molar-refractivity contribution in [2.75, 3.05) is 19.8 Å².